The molecule has 0 aliphatic rings. The second kappa shape index (κ2) is 11.6. The Morgan fingerprint density at radius 2 is 1.54 bits per heavy atom. The smallest absolute Gasteiger partial charge is 0.406 e. The summed E-state index contributed by atoms with van der Waals surface area (Å²) in [5, 5.41) is 5.64. The summed E-state index contributed by atoms with van der Waals surface area (Å²) in [6.45, 7) is 0. The number of carbonyl (C=O) groups excluding carboxylic acids is 1. The molecule has 0 saturated heterocycles. The molecule has 1 heterocycles. The van der Waals surface area contributed by atoms with E-state index in [0.29, 0.717) is 16.7 Å². The van der Waals surface area contributed by atoms with Gasteiger partial charge >= 0.3 is 12.5 Å². The zero-order valence-corrected chi connectivity index (χ0v) is 19.3. The lowest BCUT2D eigenvalue weighted by molar-refractivity contribution is -0.274. The molecule has 0 aliphatic heterocycles. The van der Waals surface area contributed by atoms with Gasteiger partial charge in [-0.05, 0) is 59.9 Å². The Labute approximate surface area is 207 Å². The molecule has 198 valence electrons. The molecular formula is C25H22F7N3O2. The second-order valence-electron chi connectivity index (χ2n) is 8.02. The Hall–Kier alpha value is -3.67. The predicted octanol–water partition coefficient (Wildman–Crippen LogP) is 5.89. The standard InChI is InChI=1S/C25H22F7N3O2/c1-33-23(36)22(17-4-8-18(26)9-5-17)35-20(16-6-10-19(11-7-16)37-25(30,31)32)12-2-15-3-13-21(34-14-15)24(27,28)29/h3-11,13-14,20,22,35H,2,12H2,1H3,(H,33,36). The van der Waals surface area contributed by atoms with Crippen molar-refractivity contribution in [2.24, 2.45) is 0 Å². The third-order valence-electron chi connectivity index (χ3n) is 5.43. The number of benzene rings is 2. The third kappa shape index (κ3) is 8.17. The normalized spacial score (nSPS) is 13.6. The molecule has 2 atom stereocenters. The van der Waals surface area contributed by atoms with Crippen molar-refractivity contribution < 1.29 is 40.3 Å². The molecule has 0 saturated carbocycles. The average Bonchev–Trinajstić information content (AvgIpc) is 2.84. The maximum absolute atomic E-state index is 13.4. The largest absolute Gasteiger partial charge is 0.573 e. The number of ether oxygens (including phenoxy) is 1. The van der Waals surface area contributed by atoms with Gasteiger partial charge in [0.1, 0.15) is 23.3 Å². The molecule has 3 rings (SSSR count). The molecule has 2 N–H and O–H groups in total. The summed E-state index contributed by atoms with van der Waals surface area (Å²) in [5.74, 6) is -1.40. The first-order chi connectivity index (χ1) is 17.4. The zero-order chi connectivity index (χ0) is 27.2. The summed E-state index contributed by atoms with van der Waals surface area (Å²) in [4.78, 5) is 16.1. The molecule has 1 amide bonds. The number of rotatable bonds is 9. The minimum absolute atomic E-state index is 0.230. The molecule has 0 spiro atoms. The van der Waals surface area contributed by atoms with Gasteiger partial charge in [0, 0.05) is 19.3 Å². The minimum atomic E-state index is -4.87. The molecule has 0 aliphatic carbocycles. The van der Waals surface area contributed by atoms with E-state index in [4.69, 9.17) is 0 Å². The van der Waals surface area contributed by atoms with Crippen LogP contribution in [0.1, 0.15) is 40.9 Å². The number of nitrogens with one attached hydrogen (secondary N) is 2. The third-order valence-corrected chi connectivity index (χ3v) is 5.43. The Bertz CT molecular complexity index is 1160. The van der Waals surface area contributed by atoms with E-state index in [2.05, 4.69) is 20.4 Å². The van der Waals surface area contributed by atoms with Gasteiger partial charge in [0.2, 0.25) is 5.91 Å². The average molecular weight is 529 g/mol. The number of hydrogen-bond donors (Lipinski definition) is 2. The number of pyridine rings is 1. The van der Waals surface area contributed by atoms with Crippen LogP contribution in [0.25, 0.3) is 0 Å². The van der Waals surface area contributed by atoms with Gasteiger partial charge in [0.25, 0.3) is 0 Å². The summed E-state index contributed by atoms with van der Waals surface area (Å²) >= 11 is 0. The van der Waals surface area contributed by atoms with E-state index < -0.39 is 47.8 Å². The van der Waals surface area contributed by atoms with Gasteiger partial charge in [-0.15, -0.1) is 13.2 Å². The van der Waals surface area contributed by atoms with Crippen LogP contribution in [-0.4, -0.2) is 24.3 Å². The quantitative estimate of drug-likeness (QED) is 0.340. The monoisotopic (exact) mass is 529 g/mol. The van der Waals surface area contributed by atoms with Crippen molar-refractivity contribution in [3.05, 3.63) is 95.1 Å². The fourth-order valence-corrected chi connectivity index (χ4v) is 3.62. The summed E-state index contributed by atoms with van der Waals surface area (Å²) in [7, 11) is 1.41. The van der Waals surface area contributed by atoms with Gasteiger partial charge in [-0.1, -0.05) is 30.3 Å². The van der Waals surface area contributed by atoms with Gasteiger partial charge in [-0.2, -0.15) is 13.2 Å². The van der Waals surface area contributed by atoms with Gasteiger partial charge in [0.05, 0.1) is 0 Å². The van der Waals surface area contributed by atoms with E-state index in [9.17, 15) is 35.5 Å². The molecule has 2 unspecified atom stereocenters. The summed E-state index contributed by atoms with van der Waals surface area (Å²) in [5.41, 5.74) is 0.363. The minimum Gasteiger partial charge on any atom is -0.406 e. The predicted molar refractivity (Wildman–Crippen MR) is 120 cm³/mol. The maximum atomic E-state index is 13.4. The van der Waals surface area contributed by atoms with Crippen molar-refractivity contribution in [1.29, 1.82) is 0 Å². The highest BCUT2D eigenvalue weighted by Crippen LogP contribution is 2.30. The number of nitrogens with zero attached hydrogens (tertiary/aromatic N) is 1. The lowest BCUT2D eigenvalue weighted by Gasteiger charge is -2.26. The molecule has 2 aromatic carbocycles. The van der Waals surface area contributed by atoms with Crippen LogP contribution in [0.3, 0.4) is 0 Å². The van der Waals surface area contributed by atoms with Crippen molar-refractivity contribution in [2.75, 3.05) is 7.05 Å². The van der Waals surface area contributed by atoms with Crippen LogP contribution in [0, 0.1) is 5.82 Å². The number of alkyl halides is 6. The van der Waals surface area contributed by atoms with Crippen molar-refractivity contribution >= 4 is 5.91 Å². The molecular weight excluding hydrogens is 507 g/mol. The van der Waals surface area contributed by atoms with Crippen LogP contribution in [0.5, 0.6) is 5.75 Å². The molecule has 37 heavy (non-hydrogen) atoms. The lowest BCUT2D eigenvalue weighted by Crippen LogP contribution is -2.38. The van der Waals surface area contributed by atoms with Crippen LogP contribution in [-0.2, 0) is 17.4 Å². The van der Waals surface area contributed by atoms with Crippen molar-refractivity contribution in [1.82, 2.24) is 15.6 Å². The highest BCUT2D eigenvalue weighted by molar-refractivity contribution is 5.83. The summed E-state index contributed by atoms with van der Waals surface area (Å²) in [6, 6.07) is 10.7. The Balaban J connectivity index is 1.88. The van der Waals surface area contributed by atoms with E-state index >= 15 is 0 Å². The molecule has 5 nitrogen and oxygen atoms in total. The fourth-order valence-electron chi connectivity index (χ4n) is 3.62. The number of aromatic nitrogens is 1. The van der Waals surface area contributed by atoms with E-state index in [0.717, 1.165) is 24.4 Å². The number of aryl methyl sites for hydroxylation is 1. The van der Waals surface area contributed by atoms with Crippen LogP contribution in [0.2, 0.25) is 0 Å². The Morgan fingerprint density at radius 1 is 0.919 bits per heavy atom. The Kier molecular flexibility index (Phi) is 8.74. The number of hydrogen-bond acceptors (Lipinski definition) is 4. The highest BCUT2D eigenvalue weighted by Gasteiger charge is 2.32. The molecule has 1 aromatic heterocycles. The SMILES string of the molecule is CNC(=O)C(NC(CCc1ccc(C(F)(F)F)nc1)c1ccc(OC(F)(F)F)cc1)c1ccc(F)cc1. The van der Waals surface area contributed by atoms with Gasteiger partial charge < -0.3 is 10.1 Å². The maximum Gasteiger partial charge on any atom is 0.573 e. The molecule has 0 bridgehead atoms. The Morgan fingerprint density at radius 3 is 2.05 bits per heavy atom. The van der Waals surface area contributed by atoms with Crippen molar-refractivity contribution in [2.45, 2.75) is 37.5 Å². The zero-order valence-electron chi connectivity index (χ0n) is 19.3. The van der Waals surface area contributed by atoms with E-state index in [1.165, 1.54) is 49.5 Å². The highest BCUT2D eigenvalue weighted by atomic mass is 19.4. The van der Waals surface area contributed by atoms with Crippen LogP contribution in [0.4, 0.5) is 30.7 Å². The topological polar surface area (TPSA) is 63.2 Å². The number of halogens is 7. The van der Waals surface area contributed by atoms with Gasteiger partial charge in [-0.25, -0.2) is 4.39 Å². The number of carbonyl (C=O) groups is 1. The van der Waals surface area contributed by atoms with E-state index in [-0.39, 0.29) is 12.8 Å². The fraction of sp³-hybridized carbons (Fsp3) is 0.280. The summed E-state index contributed by atoms with van der Waals surface area (Å²) < 4.78 is 93.4. The van der Waals surface area contributed by atoms with Crippen LogP contribution >= 0.6 is 0 Å². The van der Waals surface area contributed by atoms with E-state index in [1.54, 1.807) is 0 Å². The molecule has 0 fully saturated rings. The van der Waals surface area contributed by atoms with Crippen molar-refractivity contribution in [3.63, 3.8) is 0 Å². The van der Waals surface area contributed by atoms with Gasteiger partial charge in [0.15, 0.2) is 0 Å². The first-order valence-electron chi connectivity index (χ1n) is 11.0. The molecule has 12 heteroatoms. The first kappa shape index (κ1) is 27.9. The van der Waals surface area contributed by atoms with Crippen molar-refractivity contribution in [3.8, 4) is 5.75 Å². The molecule has 3 aromatic rings. The second-order valence-corrected chi connectivity index (χ2v) is 8.02. The van der Waals surface area contributed by atoms with Crippen LogP contribution < -0.4 is 15.4 Å². The summed E-state index contributed by atoms with van der Waals surface area (Å²) in [6.07, 6.45) is -7.90. The number of amides is 1. The number of likely N-dealkylation sites (N-methyl/N-ethyl adjacent to an activating group) is 1. The first-order valence-corrected chi connectivity index (χ1v) is 11.0. The molecule has 0 radical (unpaired) electrons. The van der Waals surface area contributed by atoms with Crippen LogP contribution in [0.15, 0.2) is 66.9 Å². The lowest BCUT2D eigenvalue weighted by atomic mass is 9.96. The van der Waals surface area contributed by atoms with E-state index in [1.807, 2.05) is 0 Å². The van der Waals surface area contributed by atoms with Gasteiger partial charge in [-0.3, -0.25) is 15.1 Å².